The van der Waals surface area contributed by atoms with Gasteiger partial charge in [-0.25, -0.2) is 4.79 Å². The van der Waals surface area contributed by atoms with Crippen LogP contribution in [0, 0.1) is 0 Å². The van der Waals surface area contributed by atoms with E-state index in [4.69, 9.17) is 10.5 Å². The van der Waals surface area contributed by atoms with Crippen LogP contribution in [-0.4, -0.2) is 30.5 Å². The van der Waals surface area contributed by atoms with Crippen molar-refractivity contribution in [3.8, 4) is 0 Å². The fourth-order valence-corrected chi connectivity index (χ4v) is 0.990. The second kappa shape index (κ2) is 6.09. The summed E-state index contributed by atoms with van der Waals surface area (Å²) in [6.45, 7) is 5.21. The molecule has 0 rings (SSSR count). The van der Waals surface area contributed by atoms with Crippen LogP contribution in [0.5, 0.6) is 0 Å². The number of hydrogen-bond donors (Lipinski definition) is 2. The third-order valence-electron chi connectivity index (χ3n) is 1.78. The van der Waals surface area contributed by atoms with Gasteiger partial charge in [-0.05, 0) is 33.6 Å². The monoisotopic (exact) mass is 256 g/mol. The van der Waals surface area contributed by atoms with Crippen LogP contribution in [0.25, 0.3) is 0 Å². The molecular weight excluding hydrogens is 237 g/mol. The van der Waals surface area contributed by atoms with E-state index in [1.807, 2.05) is 0 Å². The lowest BCUT2D eigenvalue weighted by Gasteiger charge is -2.20. The molecule has 1 amide bonds. The molecule has 0 saturated heterocycles. The quantitative estimate of drug-likeness (QED) is 0.758. The first-order valence-electron chi connectivity index (χ1n) is 5.31. The fourth-order valence-electron chi connectivity index (χ4n) is 0.990. The smallest absolute Gasteiger partial charge is 0.407 e. The Morgan fingerprint density at radius 2 is 1.88 bits per heavy atom. The lowest BCUT2D eigenvalue weighted by atomic mass is 10.1. The van der Waals surface area contributed by atoms with E-state index in [1.165, 1.54) is 0 Å². The summed E-state index contributed by atoms with van der Waals surface area (Å²) in [5.74, 6) is 0. The Morgan fingerprint density at radius 1 is 1.35 bits per heavy atom. The van der Waals surface area contributed by atoms with Gasteiger partial charge in [-0.1, -0.05) is 0 Å². The molecule has 0 bridgehead atoms. The van der Waals surface area contributed by atoms with Gasteiger partial charge in [-0.3, -0.25) is 0 Å². The fraction of sp³-hybridized carbons (Fsp3) is 0.900. The Balaban J connectivity index is 3.69. The SMILES string of the molecule is CC(C)(C)OC(=O)NCCC[C@@H](N)C(F)(F)F. The molecule has 102 valence electrons. The van der Waals surface area contributed by atoms with E-state index in [0.29, 0.717) is 0 Å². The highest BCUT2D eigenvalue weighted by molar-refractivity contribution is 5.67. The van der Waals surface area contributed by atoms with Crippen molar-refractivity contribution in [1.82, 2.24) is 5.32 Å². The number of hydrogen-bond acceptors (Lipinski definition) is 3. The molecule has 0 spiro atoms. The third kappa shape index (κ3) is 8.79. The molecule has 0 saturated carbocycles. The molecule has 0 aromatic rings. The molecular formula is C10H19F3N2O2. The number of ether oxygens (including phenoxy) is 1. The predicted molar refractivity (Wildman–Crippen MR) is 57.5 cm³/mol. The molecule has 0 unspecified atom stereocenters. The van der Waals surface area contributed by atoms with Crippen molar-refractivity contribution >= 4 is 6.09 Å². The maximum atomic E-state index is 12.0. The summed E-state index contributed by atoms with van der Waals surface area (Å²) in [6.07, 6.45) is -5.09. The van der Waals surface area contributed by atoms with Gasteiger partial charge in [-0.2, -0.15) is 13.2 Å². The van der Waals surface area contributed by atoms with E-state index in [9.17, 15) is 18.0 Å². The molecule has 0 aromatic heterocycles. The predicted octanol–water partition coefficient (Wildman–Crippen LogP) is 2.18. The van der Waals surface area contributed by atoms with E-state index in [1.54, 1.807) is 20.8 Å². The van der Waals surface area contributed by atoms with Crippen LogP contribution in [-0.2, 0) is 4.74 Å². The van der Waals surface area contributed by atoms with Gasteiger partial charge in [-0.15, -0.1) is 0 Å². The van der Waals surface area contributed by atoms with Crippen molar-refractivity contribution in [2.75, 3.05) is 6.54 Å². The van der Waals surface area contributed by atoms with Gasteiger partial charge in [0.15, 0.2) is 0 Å². The van der Waals surface area contributed by atoms with E-state index < -0.39 is 23.9 Å². The molecule has 0 aromatic carbocycles. The van der Waals surface area contributed by atoms with Gasteiger partial charge in [0.2, 0.25) is 0 Å². The zero-order valence-corrected chi connectivity index (χ0v) is 10.2. The number of alkyl halides is 3. The van der Waals surface area contributed by atoms with E-state index in [-0.39, 0.29) is 19.4 Å². The molecule has 0 fully saturated rings. The standard InChI is InChI=1S/C10H19F3N2O2/c1-9(2,3)17-8(16)15-6-4-5-7(14)10(11,12)13/h7H,4-6,14H2,1-3H3,(H,15,16)/t7-/m1/s1. The minimum Gasteiger partial charge on any atom is -0.444 e. The van der Waals surface area contributed by atoms with Crippen LogP contribution < -0.4 is 11.1 Å². The highest BCUT2D eigenvalue weighted by atomic mass is 19.4. The molecule has 0 aliphatic heterocycles. The van der Waals surface area contributed by atoms with E-state index >= 15 is 0 Å². The minimum absolute atomic E-state index is 0.110. The van der Waals surface area contributed by atoms with Gasteiger partial charge in [0.25, 0.3) is 0 Å². The average molecular weight is 256 g/mol. The van der Waals surface area contributed by atoms with Crippen LogP contribution in [0.1, 0.15) is 33.6 Å². The number of alkyl carbamates (subject to hydrolysis) is 1. The molecule has 0 aliphatic carbocycles. The van der Waals surface area contributed by atoms with E-state index in [2.05, 4.69) is 5.32 Å². The van der Waals surface area contributed by atoms with Gasteiger partial charge in [0, 0.05) is 6.54 Å². The third-order valence-corrected chi connectivity index (χ3v) is 1.78. The van der Waals surface area contributed by atoms with Crippen LogP contribution in [0.3, 0.4) is 0 Å². The lowest BCUT2D eigenvalue weighted by molar-refractivity contribution is -0.149. The first kappa shape index (κ1) is 16.0. The number of amides is 1. The summed E-state index contributed by atoms with van der Waals surface area (Å²) in [7, 11) is 0. The van der Waals surface area contributed by atoms with Gasteiger partial charge in [0.05, 0.1) is 0 Å². The highest BCUT2D eigenvalue weighted by Crippen LogP contribution is 2.21. The van der Waals surface area contributed by atoms with Gasteiger partial charge in [0.1, 0.15) is 11.6 Å². The average Bonchev–Trinajstić information content (AvgIpc) is 2.07. The molecule has 1 atom stereocenters. The molecule has 7 heteroatoms. The number of rotatable bonds is 4. The van der Waals surface area contributed by atoms with Gasteiger partial charge < -0.3 is 15.8 Å². The summed E-state index contributed by atoms with van der Waals surface area (Å²) in [6, 6.07) is -1.84. The highest BCUT2D eigenvalue weighted by Gasteiger charge is 2.35. The number of nitrogens with one attached hydrogen (secondary N) is 1. The number of nitrogens with two attached hydrogens (primary N) is 1. The maximum Gasteiger partial charge on any atom is 0.407 e. The normalized spacial score (nSPS) is 14.3. The van der Waals surface area contributed by atoms with Gasteiger partial charge >= 0.3 is 12.3 Å². The van der Waals surface area contributed by atoms with Crippen molar-refractivity contribution in [3.63, 3.8) is 0 Å². The Kier molecular flexibility index (Phi) is 5.74. The van der Waals surface area contributed by atoms with Crippen molar-refractivity contribution in [1.29, 1.82) is 0 Å². The first-order valence-corrected chi connectivity index (χ1v) is 5.31. The molecule has 0 radical (unpaired) electrons. The van der Waals surface area contributed by atoms with E-state index in [0.717, 1.165) is 0 Å². The first-order chi connectivity index (χ1) is 7.52. The van der Waals surface area contributed by atoms with Crippen molar-refractivity contribution in [2.45, 2.75) is 51.4 Å². The summed E-state index contributed by atoms with van der Waals surface area (Å²) in [5.41, 5.74) is 4.28. The topological polar surface area (TPSA) is 64.3 Å². The zero-order valence-electron chi connectivity index (χ0n) is 10.2. The molecule has 17 heavy (non-hydrogen) atoms. The zero-order chi connectivity index (χ0) is 13.7. The van der Waals surface area contributed by atoms with Crippen LogP contribution in [0.15, 0.2) is 0 Å². The number of carbonyl (C=O) groups is 1. The molecule has 4 nitrogen and oxygen atoms in total. The summed E-state index contributed by atoms with van der Waals surface area (Å²) in [4.78, 5) is 11.1. The summed E-state index contributed by atoms with van der Waals surface area (Å²) >= 11 is 0. The Labute approximate surface area is 98.7 Å². The summed E-state index contributed by atoms with van der Waals surface area (Å²) in [5, 5.41) is 2.36. The molecule has 3 N–H and O–H groups in total. The maximum absolute atomic E-state index is 12.0. The van der Waals surface area contributed by atoms with Crippen LogP contribution >= 0.6 is 0 Å². The second-order valence-electron chi connectivity index (χ2n) is 4.72. The number of carbonyl (C=O) groups excluding carboxylic acids is 1. The number of halogens is 3. The van der Waals surface area contributed by atoms with Crippen molar-refractivity contribution in [3.05, 3.63) is 0 Å². The van der Waals surface area contributed by atoms with Crippen LogP contribution in [0.4, 0.5) is 18.0 Å². The van der Waals surface area contributed by atoms with Crippen LogP contribution in [0.2, 0.25) is 0 Å². The lowest BCUT2D eigenvalue weighted by Crippen LogP contribution is -2.38. The molecule has 0 heterocycles. The minimum atomic E-state index is -4.38. The summed E-state index contributed by atoms with van der Waals surface area (Å²) < 4.78 is 41.0. The largest absolute Gasteiger partial charge is 0.444 e. The molecule has 0 aliphatic rings. The Bertz CT molecular complexity index is 249. The second-order valence-corrected chi connectivity index (χ2v) is 4.72. The van der Waals surface area contributed by atoms with Crippen molar-refractivity contribution in [2.24, 2.45) is 5.73 Å². The Morgan fingerprint density at radius 3 is 2.29 bits per heavy atom. The van der Waals surface area contributed by atoms with Crippen molar-refractivity contribution < 1.29 is 22.7 Å². The Hall–Kier alpha value is -0.980.